The molecule has 0 aliphatic carbocycles. The molecule has 1 fully saturated rings. The number of carbonyl (C=O) groups is 3. The minimum absolute atomic E-state index is 0.0104. The summed E-state index contributed by atoms with van der Waals surface area (Å²) in [4.78, 5) is 36.5. The van der Waals surface area contributed by atoms with Gasteiger partial charge in [-0.3, -0.25) is 9.59 Å². The molecule has 118 valence electrons. The summed E-state index contributed by atoms with van der Waals surface area (Å²) in [6, 6.07) is 0.108. The van der Waals surface area contributed by atoms with E-state index in [0.29, 0.717) is 13.1 Å². The average Bonchev–Trinajstić information content (AvgIpc) is 2.83. The summed E-state index contributed by atoms with van der Waals surface area (Å²) in [6.45, 7) is 8.46. The van der Waals surface area contributed by atoms with Crippen molar-refractivity contribution in [2.45, 2.75) is 26.3 Å². The van der Waals surface area contributed by atoms with Gasteiger partial charge in [-0.2, -0.15) is 0 Å². The van der Waals surface area contributed by atoms with E-state index in [2.05, 4.69) is 17.2 Å². The van der Waals surface area contributed by atoms with Crippen LogP contribution in [0.3, 0.4) is 0 Å². The van der Waals surface area contributed by atoms with Crippen molar-refractivity contribution < 1.29 is 19.1 Å². The van der Waals surface area contributed by atoms with Gasteiger partial charge in [0.25, 0.3) is 0 Å². The standard InChI is InChI=1S/C14H23N3O4/c1-4-7-21-14(20)16-6-5-15-13(19)11-8-12(18)17(9-11)10(2)3/h4,10-11H,1,5-9H2,2-3H3,(H,15,19)(H,16,20). The molecule has 0 saturated carbocycles. The van der Waals surface area contributed by atoms with Crippen LogP contribution in [0.4, 0.5) is 4.79 Å². The summed E-state index contributed by atoms with van der Waals surface area (Å²) in [7, 11) is 0. The number of hydrogen-bond acceptors (Lipinski definition) is 4. The molecule has 1 rings (SSSR count). The van der Waals surface area contributed by atoms with Crippen LogP contribution in [0.1, 0.15) is 20.3 Å². The highest BCUT2D eigenvalue weighted by Gasteiger charge is 2.35. The van der Waals surface area contributed by atoms with Crippen LogP contribution in [0.2, 0.25) is 0 Å². The van der Waals surface area contributed by atoms with E-state index in [1.807, 2.05) is 13.8 Å². The third kappa shape index (κ3) is 5.45. The summed E-state index contributed by atoms with van der Waals surface area (Å²) in [5, 5.41) is 5.21. The van der Waals surface area contributed by atoms with E-state index in [9.17, 15) is 14.4 Å². The van der Waals surface area contributed by atoms with Crippen molar-refractivity contribution in [3.63, 3.8) is 0 Å². The number of hydrogen-bond donors (Lipinski definition) is 2. The highest BCUT2D eigenvalue weighted by Crippen LogP contribution is 2.19. The Hall–Kier alpha value is -2.05. The number of carbonyl (C=O) groups excluding carboxylic acids is 3. The van der Waals surface area contributed by atoms with Crippen molar-refractivity contribution >= 4 is 17.9 Å². The fraction of sp³-hybridized carbons (Fsp3) is 0.643. The molecule has 1 aliphatic rings. The fourth-order valence-corrected chi connectivity index (χ4v) is 2.09. The second kappa shape index (κ2) is 8.28. The van der Waals surface area contributed by atoms with Crippen LogP contribution in [0, 0.1) is 5.92 Å². The van der Waals surface area contributed by atoms with Crippen LogP contribution in [0.15, 0.2) is 12.7 Å². The van der Waals surface area contributed by atoms with Crippen molar-refractivity contribution in [1.82, 2.24) is 15.5 Å². The largest absolute Gasteiger partial charge is 0.445 e. The molecule has 21 heavy (non-hydrogen) atoms. The smallest absolute Gasteiger partial charge is 0.407 e. The van der Waals surface area contributed by atoms with Gasteiger partial charge in [0.1, 0.15) is 6.61 Å². The van der Waals surface area contributed by atoms with E-state index >= 15 is 0 Å². The lowest BCUT2D eigenvalue weighted by molar-refractivity contribution is -0.129. The maximum atomic E-state index is 11.9. The lowest BCUT2D eigenvalue weighted by Crippen LogP contribution is -2.39. The Morgan fingerprint density at radius 1 is 1.43 bits per heavy atom. The van der Waals surface area contributed by atoms with Crippen molar-refractivity contribution in [2.24, 2.45) is 5.92 Å². The van der Waals surface area contributed by atoms with Crippen LogP contribution in [-0.2, 0) is 14.3 Å². The van der Waals surface area contributed by atoms with Crippen LogP contribution in [-0.4, -0.2) is 55.1 Å². The zero-order chi connectivity index (χ0) is 15.8. The van der Waals surface area contributed by atoms with E-state index in [4.69, 9.17) is 4.74 Å². The molecule has 0 radical (unpaired) electrons. The number of ether oxygens (including phenoxy) is 1. The number of nitrogens with zero attached hydrogens (tertiary/aromatic N) is 1. The Bertz CT molecular complexity index is 409. The molecule has 2 N–H and O–H groups in total. The zero-order valence-corrected chi connectivity index (χ0v) is 12.6. The molecule has 0 aromatic heterocycles. The van der Waals surface area contributed by atoms with Gasteiger partial charge in [0.15, 0.2) is 0 Å². The topological polar surface area (TPSA) is 87.7 Å². The molecule has 3 amide bonds. The molecule has 0 aromatic carbocycles. The predicted octanol–water partition coefficient (Wildman–Crippen LogP) is 0.272. The SMILES string of the molecule is C=CCOC(=O)NCCNC(=O)C1CC(=O)N(C(C)C)C1. The third-order valence-electron chi connectivity index (χ3n) is 3.18. The van der Waals surface area contributed by atoms with Crippen LogP contribution < -0.4 is 10.6 Å². The highest BCUT2D eigenvalue weighted by molar-refractivity contribution is 5.89. The lowest BCUT2D eigenvalue weighted by atomic mass is 10.1. The van der Waals surface area contributed by atoms with E-state index < -0.39 is 6.09 Å². The molecule has 1 aliphatic heterocycles. The number of likely N-dealkylation sites (tertiary alicyclic amines) is 1. The van der Waals surface area contributed by atoms with Gasteiger partial charge in [-0.25, -0.2) is 4.79 Å². The monoisotopic (exact) mass is 297 g/mol. The molecule has 1 atom stereocenters. The molecular weight excluding hydrogens is 274 g/mol. The second-order valence-electron chi connectivity index (χ2n) is 5.15. The summed E-state index contributed by atoms with van der Waals surface area (Å²) in [5.41, 5.74) is 0. The van der Waals surface area contributed by atoms with E-state index in [-0.39, 0.29) is 43.3 Å². The summed E-state index contributed by atoms with van der Waals surface area (Å²) < 4.78 is 4.72. The van der Waals surface area contributed by atoms with Gasteiger partial charge in [-0.1, -0.05) is 12.7 Å². The number of nitrogens with one attached hydrogen (secondary N) is 2. The van der Waals surface area contributed by atoms with Crippen molar-refractivity contribution in [3.05, 3.63) is 12.7 Å². The Morgan fingerprint density at radius 3 is 2.67 bits per heavy atom. The van der Waals surface area contributed by atoms with Crippen molar-refractivity contribution in [2.75, 3.05) is 26.2 Å². The zero-order valence-electron chi connectivity index (χ0n) is 12.6. The van der Waals surface area contributed by atoms with Crippen LogP contribution in [0.25, 0.3) is 0 Å². The molecule has 0 spiro atoms. The highest BCUT2D eigenvalue weighted by atomic mass is 16.5. The molecule has 7 nitrogen and oxygen atoms in total. The first-order valence-corrected chi connectivity index (χ1v) is 7.04. The molecule has 0 aromatic rings. The van der Waals surface area contributed by atoms with Crippen LogP contribution in [0.5, 0.6) is 0 Å². The van der Waals surface area contributed by atoms with Crippen molar-refractivity contribution in [3.8, 4) is 0 Å². The number of amides is 3. The minimum atomic E-state index is -0.550. The first-order valence-electron chi connectivity index (χ1n) is 7.04. The maximum absolute atomic E-state index is 11.9. The maximum Gasteiger partial charge on any atom is 0.407 e. The summed E-state index contributed by atoms with van der Waals surface area (Å²) >= 11 is 0. The average molecular weight is 297 g/mol. The van der Waals surface area contributed by atoms with Gasteiger partial charge in [0.2, 0.25) is 11.8 Å². The Morgan fingerprint density at radius 2 is 2.10 bits per heavy atom. The van der Waals surface area contributed by atoms with Crippen molar-refractivity contribution in [1.29, 1.82) is 0 Å². The lowest BCUT2D eigenvalue weighted by Gasteiger charge is -2.20. The first kappa shape index (κ1) is 17.0. The minimum Gasteiger partial charge on any atom is -0.445 e. The van der Waals surface area contributed by atoms with E-state index in [1.165, 1.54) is 6.08 Å². The normalized spacial score (nSPS) is 17.8. The predicted molar refractivity (Wildman–Crippen MR) is 77.5 cm³/mol. The van der Waals surface area contributed by atoms with Gasteiger partial charge in [-0.15, -0.1) is 0 Å². The molecular formula is C14H23N3O4. The Labute approximate surface area is 124 Å². The molecule has 7 heteroatoms. The summed E-state index contributed by atoms with van der Waals surface area (Å²) in [6.07, 6.45) is 1.17. The van der Waals surface area contributed by atoms with Gasteiger partial charge in [0.05, 0.1) is 5.92 Å². The van der Waals surface area contributed by atoms with Gasteiger partial charge >= 0.3 is 6.09 Å². The van der Waals surface area contributed by atoms with Crippen LogP contribution >= 0.6 is 0 Å². The third-order valence-corrected chi connectivity index (χ3v) is 3.18. The summed E-state index contributed by atoms with van der Waals surface area (Å²) in [5.74, 6) is -0.461. The molecule has 0 bridgehead atoms. The Balaban J connectivity index is 2.21. The first-order chi connectivity index (χ1) is 9.95. The number of alkyl carbamates (subject to hydrolysis) is 1. The Kier molecular flexibility index (Phi) is 6.71. The molecule has 1 saturated heterocycles. The van der Waals surface area contributed by atoms with Gasteiger partial charge in [-0.05, 0) is 13.8 Å². The van der Waals surface area contributed by atoms with E-state index in [1.54, 1.807) is 4.90 Å². The number of rotatable bonds is 7. The van der Waals surface area contributed by atoms with Gasteiger partial charge < -0.3 is 20.3 Å². The van der Waals surface area contributed by atoms with Gasteiger partial charge in [0, 0.05) is 32.1 Å². The van der Waals surface area contributed by atoms with E-state index in [0.717, 1.165) is 0 Å². The molecule has 1 unspecified atom stereocenters. The second-order valence-corrected chi connectivity index (χ2v) is 5.15. The fourth-order valence-electron chi connectivity index (χ4n) is 2.09. The molecule has 1 heterocycles. The quantitative estimate of drug-likeness (QED) is 0.521.